The Morgan fingerprint density at radius 1 is 1.31 bits per heavy atom. The number of hydrogen-bond donors (Lipinski definition) is 2. The highest BCUT2D eigenvalue weighted by molar-refractivity contribution is 6.14. The van der Waals surface area contributed by atoms with Crippen molar-refractivity contribution in [1.29, 1.82) is 0 Å². The highest BCUT2D eigenvalue weighted by Gasteiger charge is 2.30. The molecule has 0 atom stereocenters. The number of nitrogens with one attached hydrogen (secondary N) is 2. The Morgan fingerprint density at radius 2 is 2.00 bits per heavy atom. The number of hydrogen-bond acceptors (Lipinski definition) is 5. The molecule has 0 saturated carbocycles. The highest BCUT2D eigenvalue weighted by atomic mass is 16.6. The number of likely N-dealkylation sites (N-methyl/N-ethyl adjacent to an activating group) is 1. The van der Waals surface area contributed by atoms with Crippen molar-refractivity contribution in [3.8, 4) is 5.75 Å². The van der Waals surface area contributed by atoms with Crippen LogP contribution >= 0.6 is 0 Å². The van der Waals surface area contributed by atoms with Crippen LogP contribution < -0.4 is 15.4 Å². The second-order valence-corrected chi connectivity index (χ2v) is 6.72. The number of amidine groups is 1. The summed E-state index contributed by atoms with van der Waals surface area (Å²) in [6.45, 7) is 7.11. The average Bonchev–Trinajstić information content (AvgIpc) is 2.80. The van der Waals surface area contributed by atoms with E-state index in [0.717, 1.165) is 0 Å². The van der Waals surface area contributed by atoms with Crippen molar-refractivity contribution in [3.63, 3.8) is 0 Å². The van der Waals surface area contributed by atoms with E-state index in [2.05, 4.69) is 15.6 Å². The second-order valence-electron chi connectivity index (χ2n) is 6.72. The Morgan fingerprint density at radius 3 is 2.62 bits per heavy atom. The number of ether oxygens (including phenoxy) is 2. The smallest absolute Gasteiger partial charge is 0.412 e. The summed E-state index contributed by atoms with van der Waals surface area (Å²) in [5.74, 6) is 1.48. The third-order valence-electron chi connectivity index (χ3n) is 3.39. The SMILES string of the molecule is CN=C1/C(=C(\C)Oc2cccc(NC(=O)OC(C)(C)C)c2)NC(=O)N1C. The van der Waals surface area contributed by atoms with Gasteiger partial charge in [-0.25, -0.2) is 9.59 Å². The van der Waals surface area contributed by atoms with Gasteiger partial charge in [0.1, 0.15) is 22.8 Å². The zero-order chi connectivity index (χ0) is 19.5. The van der Waals surface area contributed by atoms with Gasteiger partial charge in [-0.2, -0.15) is 0 Å². The molecule has 1 aromatic rings. The van der Waals surface area contributed by atoms with E-state index in [-0.39, 0.29) is 6.03 Å². The molecule has 2 rings (SSSR count). The van der Waals surface area contributed by atoms with Crippen LogP contribution in [0.4, 0.5) is 15.3 Å². The maximum atomic E-state index is 11.9. The number of amides is 3. The Hall–Kier alpha value is -3.03. The molecule has 1 aliphatic heterocycles. The maximum absolute atomic E-state index is 11.9. The molecule has 1 fully saturated rings. The van der Waals surface area contributed by atoms with Gasteiger partial charge in [0.15, 0.2) is 5.84 Å². The van der Waals surface area contributed by atoms with Crippen molar-refractivity contribution < 1.29 is 19.1 Å². The molecule has 8 nitrogen and oxygen atoms in total. The number of benzene rings is 1. The summed E-state index contributed by atoms with van der Waals surface area (Å²) in [7, 11) is 3.23. The summed E-state index contributed by atoms with van der Waals surface area (Å²) in [6.07, 6.45) is -0.546. The number of anilines is 1. The average molecular weight is 360 g/mol. The van der Waals surface area contributed by atoms with E-state index in [1.807, 2.05) is 0 Å². The molecule has 1 heterocycles. The first kappa shape index (κ1) is 19.3. The molecular formula is C18H24N4O4. The van der Waals surface area contributed by atoms with Crippen LogP contribution in [0, 0.1) is 0 Å². The first-order chi connectivity index (χ1) is 12.1. The largest absolute Gasteiger partial charge is 0.460 e. The predicted octanol–water partition coefficient (Wildman–Crippen LogP) is 3.33. The lowest BCUT2D eigenvalue weighted by Crippen LogP contribution is -2.27. The summed E-state index contributed by atoms with van der Waals surface area (Å²) in [6, 6.07) is 6.60. The minimum Gasteiger partial charge on any atom is -0.460 e. The number of carbonyl (C=O) groups excluding carboxylic acids is 2. The molecule has 26 heavy (non-hydrogen) atoms. The van der Waals surface area contributed by atoms with Crippen LogP contribution in [0.2, 0.25) is 0 Å². The molecule has 0 radical (unpaired) electrons. The Balaban J connectivity index is 2.15. The highest BCUT2D eigenvalue weighted by Crippen LogP contribution is 2.22. The van der Waals surface area contributed by atoms with Crippen LogP contribution in [0.1, 0.15) is 27.7 Å². The van der Waals surface area contributed by atoms with Crippen LogP contribution in [0.25, 0.3) is 0 Å². The van der Waals surface area contributed by atoms with Gasteiger partial charge in [-0.05, 0) is 39.8 Å². The number of rotatable bonds is 3. The monoisotopic (exact) mass is 360 g/mol. The molecule has 0 aromatic heterocycles. The lowest BCUT2D eigenvalue weighted by molar-refractivity contribution is 0.0636. The van der Waals surface area contributed by atoms with Gasteiger partial charge in [0, 0.05) is 25.8 Å². The summed E-state index contributed by atoms with van der Waals surface area (Å²) in [4.78, 5) is 29.2. The summed E-state index contributed by atoms with van der Waals surface area (Å²) in [5, 5.41) is 5.38. The van der Waals surface area contributed by atoms with Crippen molar-refractivity contribution >= 4 is 23.6 Å². The third-order valence-corrected chi connectivity index (χ3v) is 3.39. The second kappa shape index (κ2) is 7.47. The summed E-state index contributed by atoms with van der Waals surface area (Å²) >= 11 is 0. The fourth-order valence-corrected chi connectivity index (χ4v) is 2.30. The van der Waals surface area contributed by atoms with Crippen LogP contribution in [0.5, 0.6) is 5.75 Å². The van der Waals surface area contributed by atoms with Crippen molar-refractivity contribution in [3.05, 3.63) is 35.7 Å². The lowest BCUT2D eigenvalue weighted by atomic mass is 10.2. The van der Waals surface area contributed by atoms with E-state index in [1.54, 1.807) is 66.1 Å². The van der Waals surface area contributed by atoms with E-state index >= 15 is 0 Å². The molecule has 1 saturated heterocycles. The lowest BCUT2D eigenvalue weighted by Gasteiger charge is -2.19. The standard InChI is InChI=1S/C18H24N4O4/c1-11(14-15(19-5)22(6)16(23)21-14)25-13-9-7-8-12(10-13)20-17(24)26-18(2,3)4/h7-10H,1-6H3,(H,20,24)(H,21,23)/b14-11-,19-15?. The van der Waals surface area contributed by atoms with Crippen LogP contribution in [-0.2, 0) is 4.74 Å². The minimum absolute atomic E-state index is 0.274. The zero-order valence-corrected chi connectivity index (χ0v) is 15.8. The number of allylic oxidation sites excluding steroid dienone is 1. The number of carbonyl (C=O) groups is 2. The van der Waals surface area contributed by atoms with E-state index < -0.39 is 11.7 Å². The maximum Gasteiger partial charge on any atom is 0.412 e. The molecule has 3 amide bonds. The van der Waals surface area contributed by atoms with Crippen molar-refractivity contribution in [2.75, 3.05) is 19.4 Å². The third kappa shape index (κ3) is 4.75. The van der Waals surface area contributed by atoms with Gasteiger partial charge in [0.25, 0.3) is 0 Å². The van der Waals surface area contributed by atoms with E-state index in [9.17, 15) is 9.59 Å². The molecule has 2 N–H and O–H groups in total. The summed E-state index contributed by atoms with van der Waals surface area (Å²) in [5.41, 5.74) is 0.457. The number of nitrogens with zero attached hydrogens (tertiary/aromatic N) is 2. The van der Waals surface area contributed by atoms with Crippen molar-refractivity contribution in [2.45, 2.75) is 33.3 Å². The molecule has 0 spiro atoms. The Kier molecular flexibility index (Phi) is 5.54. The van der Waals surface area contributed by atoms with Crippen LogP contribution in [0.15, 0.2) is 40.7 Å². The van der Waals surface area contributed by atoms with Crippen molar-refractivity contribution in [2.24, 2.45) is 4.99 Å². The number of urea groups is 1. The normalized spacial score (nSPS) is 17.8. The molecule has 0 unspecified atom stereocenters. The molecular weight excluding hydrogens is 336 g/mol. The van der Waals surface area contributed by atoms with Gasteiger partial charge in [0.2, 0.25) is 0 Å². The van der Waals surface area contributed by atoms with Crippen LogP contribution in [-0.4, -0.2) is 42.6 Å². The topological polar surface area (TPSA) is 92.3 Å². The van der Waals surface area contributed by atoms with E-state index in [0.29, 0.717) is 28.7 Å². The van der Waals surface area contributed by atoms with Gasteiger partial charge in [-0.3, -0.25) is 15.2 Å². The van der Waals surface area contributed by atoms with Gasteiger partial charge in [0.05, 0.1) is 0 Å². The van der Waals surface area contributed by atoms with E-state index in [1.165, 1.54) is 4.90 Å². The molecule has 8 heteroatoms. The van der Waals surface area contributed by atoms with Crippen molar-refractivity contribution in [1.82, 2.24) is 10.2 Å². The van der Waals surface area contributed by atoms with Gasteiger partial charge in [-0.15, -0.1) is 0 Å². The molecule has 1 aromatic carbocycles. The predicted molar refractivity (Wildman–Crippen MR) is 99.3 cm³/mol. The minimum atomic E-state index is -0.582. The molecule has 0 aliphatic carbocycles. The first-order valence-corrected chi connectivity index (χ1v) is 8.11. The Bertz CT molecular complexity index is 778. The zero-order valence-electron chi connectivity index (χ0n) is 15.8. The molecule has 140 valence electrons. The van der Waals surface area contributed by atoms with Gasteiger partial charge >= 0.3 is 12.1 Å². The fraction of sp³-hybridized carbons (Fsp3) is 0.389. The van der Waals surface area contributed by atoms with E-state index in [4.69, 9.17) is 9.47 Å². The molecule has 0 bridgehead atoms. The van der Waals surface area contributed by atoms with Crippen LogP contribution in [0.3, 0.4) is 0 Å². The molecule has 1 aliphatic rings. The Labute approximate surface area is 152 Å². The summed E-state index contributed by atoms with van der Waals surface area (Å²) < 4.78 is 11.0. The first-order valence-electron chi connectivity index (χ1n) is 8.11. The number of aliphatic imine (C=N–C) groups is 1. The fourth-order valence-electron chi connectivity index (χ4n) is 2.30. The quantitative estimate of drug-likeness (QED) is 0.809. The van der Waals surface area contributed by atoms with Gasteiger partial charge < -0.3 is 14.8 Å². The van der Waals surface area contributed by atoms with Gasteiger partial charge in [-0.1, -0.05) is 6.07 Å².